The summed E-state index contributed by atoms with van der Waals surface area (Å²) in [7, 11) is 0. The molecule has 3 N–H and O–H groups in total. The fourth-order valence-electron chi connectivity index (χ4n) is 1.34. The molecule has 60 valence electrons. The minimum atomic E-state index is -0.342. The molecule has 10 heavy (non-hydrogen) atoms. The molecule has 2 atom stereocenters. The molecule has 0 saturated carbocycles. The minimum Gasteiger partial charge on any atom is -0.379 e. The second-order valence-electron chi connectivity index (χ2n) is 3.51. The van der Waals surface area contributed by atoms with Crippen LogP contribution in [0, 0.1) is 0 Å². The van der Waals surface area contributed by atoms with Gasteiger partial charge in [-0.1, -0.05) is 0 Å². The van der Waals surface area contributed by atoms with E-state index < -0.39 is 0 Å². The number of aliphatic hydroxyl groups is 1. The second kappa shape index (κ2) is 2.49. The maximum absolute atomic E-state index is 9.15. The van der Waals surface area contributed by atoms with Crippen molar-refractivity contribution in [2.75, 3.05) is 13.1 Å². The summed E-state index contributed by atoms with van der Waals surface area (Å²) in [6.45, 7) is 5.53. The molecular weight excluding hydrogens is 128 g/mol. The lowest BCUT2D eigenvalue weighted by atomic mass is 10.0. The van der Waals surface area contributed by atoms with Gasteiger partial charge in [-0.05, 0) is 20.3 Å². The van der Waals surface area contributed by atoms with Crippen molar-refractivity contribution in [2.24, 2.45) is 5.73 Å². The van der Waals surface area contributed by atoms with Gasteiger partial charge in [0.15, 0.2) is 0 Å². The van der Waals surface area contributed by atoms with Gasteiger partial charge in [-0.2, -0.15) is 0 Å². The molecule has 3 heteroatoms. The van der Waals surface area contributed by atoms with Gasteiger partial charge in [-0.25, -0.2) is 0 Å². The van der Waals surface area contributed by atoms with Crippen LogP contribution in [-0.2, 0) is 0 Å². The molecule has 3 nitrogen and oxygen atoms in total. The molecule has 0 aromatic rings. The van der Waals surface area contributed by atoms with Gasteiger partial charge in [0.2, 0.25) is 0 Å². The highest BCUT2D eigenvalue weighted by Crippen LogP contribution is 2.18. The van der Waals surface area contributed by atoms with E-state index in [1.54, 1.807) is 6.92 Å². The van der Waals surface area contributed by atoms with Crippen LogP contribution in [-0.4, -0.2) is 34.9 Å². The minimum absolute atomic E-state index is 0.0863. The fraction of sp³-hybridized carbons (Fsp3) is 1.00. The van der Waals surface area contributed by atoms with Crippen molar-refractivity contribution in [1.29, 1.82) is 0 Å². The van der Waals surface area contributed by atoms with Gasteiger partial charge in [0.1, 0.15) is 6.23 Å². The van der Waals surface area contributed by atoms with Gasteiger partial charge >= 0.3 is 0 Å². The Morgan fingerprint density at radius 2 is 2.30 bits per heavy atom. The second-order valence-corrected chi connectivity index (χ2v) is 3.51. The Hall–Kier alpha value is -0.120. The quantitative estimate of drug-likeness (QED) is 0.533. The molecule has 2 unspecified atom stereocenters. The smallest absolute Gasteiger partial charge is 0.104 e. The third kappa shape index (κ3) is 1.68. The number of hydrogen-bond donors (Lipinski definition) is 2. The number of likely N-dealkylation sites (tertiary alicyclic amines) is 1. The topological polar surface area (TPSA) is 49.5 Å². The number of rotatable bonds is 1. The van der Waals surface area contributed by atoms with Crippen molar-refractivity contribution in [1.82, 2.24) is 4.90 Å². The third-order valence-corrected chi connectivity index (χ3v) is 2.06. The zero-order valence-electron chi connectivity index (χ0n) is 6.67. The van der Waals surface area contributed by atoms with Crippen LogP contribution in [0.25, 0.3) is 0 Å². The monoisotopic (exact) mass is 144 g/mol. The van der Waals surface area contributed by atoms with Crippen molar-refractivity contribution in [2.45, 2.75) is 32.0 Å². The van der Waals surface area contributed by atoms with Gasteiger partial charge in [-0.15, -0.1) is 0 Å². The van der Waals surface area contributed by atoms with E-state index in [4.69, 9.17) is 10.8 Å². The zero-order valence-corrected chi connectivity index (χ0v) is 6.67. The van der Waals surface area contributed by atoms with Crippen LogP contribution < -0.4 is 5.73 Å². The predicted molar refractivity (Wildman–Crippen MR) is 40.5 cm³/mol. The van der Waals surface area contributed by atoms with E-state index in [2.05, 4.69) is 0 Å². The van der Waals surface area contributed by atoms with Crippen molar-refractivity contribution in [3.8, 4) is 0 Å². The summed E-state index contributed by atoms with van der Waals surface area (Å²) in [5.41, 5.74) is 5.77. The summed E-state index contributed by atoms with van der Waals surface area (Å²) in [5, 5.41) is 9.15. The fourth-order valence-corrected chi connectivity index (χ4v) is 1.34. The first-order valence-electron chi connectivity index (χ1n) is 3.72. The summed E-state index contributed by atoms with van der Waals surface area (Å²) in [6, 6.07) is 0. The van der Waals surface area contributed by atoms with Gasteiger partial charge < -0.3 is 10.8 Å². The molecule has 0 aromatic heterocycles. The highest BCUT2D eigenvalue weighted by molar-refractivity contribution is 4.90. The van der Waals surface area contributed by atoms with Crippen LogP contribution in [0.2, 0.25) is 0 Å². The maximum atomic E-state index is 9.15. The van der Waals surface area contributed by atoms with E-state index in [9.17, 15) is 0 Å². The van der Waals surface area contributed by atoms with Crippen molar-refractivity contribution in [3.05, 3.63) is 0 Å². The molecule has 0 bridgehead atoms. The Morgan fingerprint density at radius 1 is 1.70 bits per heavy atom. The van der Waals surface area contributed by atoms with Crippen LogP contribution in [0.1, 0.15) is 20.3 Å². The summed E-state index contributed by atoms with van der Waals surface area (Å²) in [5.74, 6) is 0. The standard InChI is InChI=1S/C7H16N2O/c1-6(10)9-4-3-7(2,8)5-9/h6,10H,3-5,8H2,1-2H3. The molecule has 0 aromatic carbocycles. The Labute approximate surface area is 61.8 Å². The van der Waals surface area contributed by atoms with Crippen LogP contribution in [0.15, 0.2) is 0 Å². The first kappa shape index (κ1) is 7.98. The molecule has 0 radical (unpaired) electrons. The van der Waals surface area contributed by atoms with Crippen molar-refractivity contribution >= 4 is 0 Å². The summed E-state index contributed by atoms with van der Waals surface area (Å²) >= 11 is 0. The van der Waals surface area contributed by atoms with E-state index in [0.717, 1.165) is 19.5 Å². The van der Waals surface area contributed by atoms with Crippen LogP contribution in [0.4, 0.5) is 0 Å². The van der Waals surface area contributed by atoms with Crippen LogP contribution in [0.3, 0.4) is 0 Å². The molecule has 1 fully saturated rings. The summed E-state index contributed by atoms with van der Waals surface area (Å²) < 4.78 is 0. The number of hydrogen-bond acceptors (Lipinski definition) is 3. The first-order chi connectivity index (χ1) is 4.51. The molecule has 0 aliphatic carbocycles. The Bertz CT molecular complexity index is 123. The normalized spacial score (nSPS) is 38.4. The number of nitrogens with zero attached hydrogens (tertiary/aromatic N) is 1. The van der Waals surface area contributed by atoms with Gasteiger partial charge in [-0.3, -0.25) is 4.90 Å². The van der Waals surface area contributed by atoms with Crippen molar-refractivity contribution < 1.29 is 5.11 Å². The molecule has 1 rings (SSSR count). The van der Waals surface area contributed by atoms with Crippen LogP contribution >= 0.6 is 0 Å². The SMILES string of the molecule is CC(O)N1CCC(C)(N)C1. The predicted octanol–water partition coefficient (Wildman–Crippen LogP) is -0.252. The first-order valence-corrected chi connectivity index (χ1v) is 3.72. The van der Waals surface area contributed by atoms with E-state index in [-0.39, 0.29) is 11.8 Å². The van der Waals surface area contributed by atoms with Gasteiger partial charge in [0, 0.05) is 18.6 Å². The third-order valence-electron chi connectivity index (χ3n) is 2.06. The average Bonchev–Trinajstić information content (AvgIpc) is 2.10. The highest BCUT2D eigenvalue weighted by atomic mass is 16.3. The van der Waals surface area contributed by atoms with Gasteiger partial charge in [0.25, 0.3) is 0 Å². The van der Waals surface area contributed by atoms with Crippen molar-refractivity contribution in [3.63, 3.8) is 0 Å². The Morgan fingerprint density at radius 3 is 2.50 bits per heavy atom. The Balaban J connectivity index is 2.43. The Kier molecular flexibility index (Phi) is 1.99. The number of aliphatic hydroxyl groups excluding tert-OH is 1. The van der Waals surface area contributed by atoms with E-state index in [1.807, 2.05) is 11.8 Å². The maximum Gasteiger partial charge on any atom is 0.104 e. The molecule has 0 spiro atoms. The van der Waals surface area contributed by atoms with E-state index in [1.165, 1.54) is 0 Å². The van der Waals surface area contributed by atoms with E-state index >= 15 is 0 Å². The zero-order chi connectivity index (χ0) is 7.78. The molecule has 1 heterocycles. The van der Waals surface area contributed by atoms with E-state index in [0.29, 0.717) is 0 Å². The lowest BCUT2D eigenvalue weighted by Gasteiger charge is -2.21. The van der Waals surface area contributed by atoms with Gasteiger partial charge in [0.05, 0.1) is 0 Å². The molecule has 1 aliphatic rings. The molecule has 1 saturated heterocycles. The lowest BCUT2D eigenvalue weighted by molar-refractivity contribution is 0.0332. The lowest BCUT2D eigenvalue weighted by Crippen LogP contribution is -2.41. The average molecular weight is 144 g/mol. The number of nitrogens with two attached hydrogens (primary N) is 1. The van der Waals surface area contributed by atoms with Crippen LogP contribution in [0.5, 0.6) is 0 Å². The highest BCUT2D eigenvalue weighted by Gasteiger charge is 2.31. The largest absolute Gasteiger partial charge is 0.379 e. The molecule has 0 amide bonds. The summed E-state index contributed by atoms with van der Waals surface area (Å²) in [6.07, 6.45) is 0.642. The molecule has 1 aliphatic heterocycles. The summed E-state index contributed by atoms with van der Waals surface area (Å²) in [4.78, 5) is 1.99. The molecular formula is C7H16N2O.